The molecule has 0 radical (unpaired) electrons. The predicted molar refractivity (Wildman–Crippen MR) is 67.8 cm³/mol. The zero-order valence-corrected chi connectivity index (χ0v) is 10.4. The van der Waals surface area contributed by atoms with Crippen molar-refractivity contribution in [2.75, 3.05) is 13.2 Å². The molecule has 0 saturated carbocycles. The number of ether oxygens (including phenoxy) is 1. The lowest BCUT2D eigenvalue weighted by Crippen LogP contribution is -2.21. The Hall–Kier alpha value is -1.39. The number of amides is 1. The number of primary amides is 1. The monoisotopic (exact) mass is 236 g/mol. The minimum absolute atomic E-state index is 0.270. The van der Waals surface area contributed by atoms with Crippen molar-refractivity contribution in [2.45, 2.75) is 26.5 Å². The predicted octanol–water partition coefficient (Wildman–Crippen LogP) is 1.30. The summed E-state index contributed by atoms with van der Waals surface area (Å²) in [5.41, 5.74) is 6.82. The van der Waals surface area contributed by atoms with Crippen molar-refractivity contribution in [2.24, 2.45) is 5.73 Å². The topological polar surface area (TPSA) is 64.3 Å². The number of nitrogens with two attached hydrogens (primary N) is 1. The maximum absolute atomic E-state index is 10.9. The smallest absolute Gasteiger partial charge is 0.248 e. The molecule has 4 heteroatoms. The number of nitrogens with one attached hydrogen (secondary N) is 1. The van der Waals surface area contributed by atoms with E-state index in [4.69, 9.17) is 10.5 Å². The van der Waals surface area contributed by atoms with Gasteiger partial charge in [-0.15, -0.1) is 0 Å². The highest BCUT2D eigenvalue weighted by Gasteiger charge is 1.99. The van der Waals surface area contributed by atoms with Gasteiger partial charge < -0.3 is 15.8 Å². The van der Waals surface area contributed by atoms with Crippen molar-refractivity contribution >= 4 is 5.91 Å². The van der Waals surface area contributed by atoms with E-state index in [1.54, 1.807) is 12.1 Å². The summed E-state index contributed by atoms with van der Waals surface area (Å²) >= 11 is 0. The molecule has 0 aliphatic rings. The lowest BCUT2D eigenvalue weighted by atomic mass is 10.1. The molecule has 0 aliphatic carbocycles. The fourth-order valence-corrected chi connectivity index (χ4v) is 1.39. The van der Waals surface area contributed by atoms with Crippen molar-refractivity contribution in [1.82, 2.24) is 5.32 Å². The van der Waals surface area contributed by atoms with Crippen molar-refractivity contribution in [1.29, 1.82) is 0 Å². The third-order valence-electron chi connectivity index (χ3n) is 2.30. The summed E-state index contributed by atoms with van der Waals surface area (Å²) in [5.74, 6) is -0.394. The molecule has 1 aromatic rings. The Kier molecular flexibility index (Phi) is 5.66. The van der Waals surface area contributed by atoms with Crippen LogP contribution >= 0.6 is 0 Å². The molecule has 4 nitrogen and oxygen atoms in total. The standard InChI is InChI=1S/C13H20N2O2/c1-10(2)17-8-7-15-9-11-3-5-12(6-4-11)13(14)16/h3-6,10,15H,7-9H2,1-2H3,(H2,14,16). The highest BCUT2D eigenvalue weighted by molar-refractivity contribution is 5.92. The fourth-order valence-electron chi connectivity index (χ4n) is 1.39. The molecule has 0 saturated heterocycles. The molecule has 0 atom stereocenters. The Morgan fingerprint density at radius 3 is 2.53 bits per heavy atom. The number of carbonyl (C=O) groups excluding carboxylic acids is 1. The molecule has 1 rings (SSSR count). The van der Waals surface area contributed by atoms with Gasteiger partial charge in [-0.05, 0) is 31.5 Å². The number of benzene rings is 1. The van der Waals surface area contributed by atoms with E-state index in [-0.39, 0.29) is 6.10 Å². The Morgan fingerprint density at radius 1 is 1.35 bits per heavy atom. The first kappa shape index (κ1) is 13.7. The zero-order valence-electron chi connectivity index (χ0n) is 10.4. The van der Waals surface area contributed by atoms with Crippen LogP contribution in [0.4, 0.5) is 0 Å². The molecule has 1 aromatic carbocycles. The van der Waals surface area contributed by atoms with Crippen LogP contribution in [0.3, 0.4) is 0 Å². The second-order valence-corrected chi connectivity index (χ2v) is 4.16. The highest BCUT2D eigenvalue weighted by atomic mass is 16.5. The van der Waals surface area contributed by atoms with E-state index in [0.717, 1.165) is 18.7 Å². The maximum atomic E-state index is 10.9. The maximum Gasteiger partial charge on any atom is 0.248 e. The van der Waals surface area contributed by atoms with E-state index in [1.807, 2.05) is 26.0 Å². The van der Waals surface area contributed by atoms with Gasteiger partial charge in [-0.2, -0.15) is 0 Å². The fraction of sp³-hybridized carbons (Fsp3) is 0.462. The van der Waals surface area contributed by atoms with Crippen LogP contribution in [0.1, 0.15) is 29.8 Å². The molecular weight excluding hydrogens is 216 g/mol. The van der Waals surface area contributed by atoms with Gasteiger partial charge >= 0.3 is 0 Å². The molecule has 0 bridgehead atoms. The van der Waals surface area contributed by atoms with Crippen LogP contribution in [-0.4, -0.2) is 25.2 Å². The summed E-state index contributed by atoms with van der Waals surface area (Å²) in [6.45, 7) is 6.32. The van der Waals surface area contributed by atoms with E-state index < -0.39 is 5.91 Å². The number of hydrogen-bond acceptors (Lipinski definition) is 3. The molecule has 0 aliphatic heterocycles. The van der Waals surface area contributed by atoms with E-state index >= 15 is 0 Å². The Balaban J connectivity index is 2.25. The lowest BCUT2D eigenvalue weighted by molar-refractivity contribution is 0.0807. The van der Waals surface area contributed by atoms with Gasteiger partial charge in [0, 0.05) is 18.7 Å². The summed E-state index contributed by atoms with van der Waals surface area (Å²) in [5, 5.41) is 3.26. The van der Waals surface area contributed by atoms with E-state index in [0.29, 0.717) is 12.2 Å². The molecule has 0 spiro atoms. The molecule has 17 heavy (non-hydrogen) atoms. The van der Waals surface area contributed by atoms with Gasteiger partial charge in [0.2, 0.25) is 5.91 Å². The summed E-state index contributed by atoms with van der Waals surface area (Å²) in [6.07, 6.45) is 0.270. The first-order chi connectivity index (χ1) is 8.09. The van der Waals surface area contributed by atoms with Crippen LogP contribution in [-0.2, 0) is 11.3 Å². The zero-order chi connectivity index (χ0) is 12.7. The summed E-state index contributed by atoms with van der Waals surface area (Å²) in [4.78, 5) is 10.9. The minimum Gasteiger partial charge on any atom is -0.377 e. The molecule has 0 unspecified atom stereocenters. The summed E-state index contributed by atoms with van der Waals surface area (Å²) in [6, 6.07) is 7.28. The lowest BCUT2D eigenvalue weighted by Gasteiger charge is -2.08. The van der Waals surface area contributed by atoms with Crippen LogP contribution in [0.25, 0.3) is 0 Å². The largest absolute Gasteiger partial charge is 0.377 e. The molecular formula is C13H20N2O2. The van der Waals surface area contributed by atoms with Crippen molar-refractivity contribution < 1.29 is 9.53 Å². The Bertz CT molecular complexity index is 347. The third-order valence-corrected chi connectivity index (χ3v) is 2.30. The second-order valence-electron chi connectivity index (χ2n) is 4.16. The van der Waals surface area contributed by atoms with Gasteiger partial charge in [0.05, 0.1) is 12.7 Å². The Morgan fingerprint density at radius 2 is 2.00 bits per heavy atom. The molecule has 94 valence electrons. The highest BCUT2D eigenvalue weighted by Crippen LogP contribution is 2.03. The van der Waals surface area contributed by atoms with E-state index in [9.17, 15) is 4.79 Å². The van der Waals surface area contributed by atoms with Crippen molar-refractivity contribution in [3.8, 4) is 0 Å². The van der Waals surface area contributed by atoms with Crippen molar-refractivity contribution in [3.63, 3.8) is 0 Å². The second kappa shape index (κ2) is 7.04. The minimum atomic E-state index is -0.394. The molecule has 1 amide bonds. The molecule has 3 N–H and O–H groups in total. The van der Waals surface area contributed by atoms with Crippen LogP contribution in [0.15, 0.2) is 24.3 Å². The van der Waals surface area contributed by atoms with Crippen LogP contribution in [0.2, 0.25) is 0 Å². The summed E-state index contributed by atoms with van der Waals surface area (Å²) < 4.78 is 5.41. The number of carbonyl (C=O) groups is 1. The third kappa shape index (κ3) is 5.47. The average molecular weight is 236 g/mol. The summed E-state index contributed by atoms with van der Waals surface area (Å²) in [7, 11) is 0. The normalized spacial score (nSPS) is 10.8. The van der Waals surface area contributed by atoms with E-state index in [2.05, 4.69) is 5.32 Å². The number of rotatable bonds is 7. The van der Waals surface area contributed by atoms with Crippen LogP contribution < -0.4 is 11.1 Å². The van der Waals surface area contributed by atoms with Crippen molar-refractivity contribution in [3.05, 3.63) is 35.4 Å². The molecule has 0 aromatic heterocycles. The van der Waals surface area contributed by atoms with Gasteiger partial charge in [0.25, 0.3) is 0 Å². The first-order valence-electron chi connectivity index (χ1n) is 5.80. The molecule has 0 heterocycles. The Labute approximate surface area is 102 Å². The molecule has 0 fully saturated rings. The quantitative estimate of drug-likeness (QED) is 0.701. The van der Waals surface area contributed by atoms with Crippen LogP contribution in [0.5, 0.6) is 0 Å². The SMILES string of the molecule is CC(C)OCCNCc1ccc(C(N)=O)cc1. The van der Waals surface area contributed by atoms with Gasteiger partial charge in [-0.3, -0.25) is 4.79 Å². The number of hydrogen-bond donors (Lipinski definition) is 2. The van der Waals surface area contributed by atoms with Crippen LogP contribution in [0, 0.1) is 0 Å². The van der Waals surface area contributed by atoms with Gasteiger partial charge in [0.1, 0.15) is 0 Å². The average Bonchev–Trinajstić information content (AvgIpc) is 2.29. The van der Waals surface area contributed by atoms with E-state index in [1.165, 1.54) is 0 Å². The first-order valence-corrected chi connectivity index (χ1v) is 5.80. The van der Waals surface area contributed by atoms with Gasteiger partial charge in [-0.25, -0.2) is 0 Å². The van der Waals surface area contributed by atoms with Gasteiger partial charge in [0.15, 0.2) is 0 Å². The van der Waals surface area contributed by atoms with Gasteiger partial charge in [-0.1, -0.05) is 12.1 Å².